The van der Waals surface area contributed by atoms with E-state index in [1.165, 1.54) is 36.0 Å². The lowest BCUT2D eigenvalue weighted by Crippen LogP contribution is -2.54. The number of carbonyl (C=O) groups is 1. The second-order valence-electron chi connectivity index (χ2n) is 12.3. The minimum atomic E-state index is -0.625. The molecule has 3 aromatic rings. The highest BCUT2D eigenvalue weighted by Crippen LogP contribution is 2.55. The van der Waals surface area contributed by atoms with E-state index in [0.717, 1.165) is 18.4 Å². The number of pyridine rings is 2. The van der Waals surface area contributed by atoms with Crippen molar-refractivity contribution in [3.05, 3.63) is 69.9 Å². The molecule has 3 aliphatic rings. The van der Waals surface area contributed by atoms with Crippen LogP contribution in [0.3, 0.4) is 0 Å². The van der Waals surface area contributed by atoms with Crippen LogP contribution in [0.15, 0.2) is 47.4 Å². The predicted molar refractivity (Wildman–Crippen MR) is 144 cm³/mol. The maximum atomic E-state index is 13.6. The molecule has 2 saturated carbocycles. The number of nitrogens with zero attached hydrogens (tertiary/aromatic N) is 2. The van der Waals surface area contributed by atoms with Gasteiger partial charge in [-0.1, -0.05) is 18.6 Å². The van der Waals surface area contributed by atoms with Gasteiger partial charge in [0.1, 0.15) is 17.0 Å². The van der Waals surface area contributed by atoms with Crippen LogP contribution in [-0.2, 0) is 15.9 Å². The predicted octanol–water partition coefficient (Wildman–Crippen LogP) is 3.95. The number of fused-ring (bicyclic) bond motifs is 1. The van der Waals surface area contributed by atoms with E-state index in [2.05, 4.69) is 10.3 Å². The van der Waals surface area contributed by atoms with Gasteiger partial charge in [0.2, 0.25) is 0 Å². The van der Waals surface area contributed by atoms with E-state index in [0.29, 0.717) is 21.9 Å². The lowest BCUT2D eigenvalue weighted by atomic mass is 9.54. The zero-order valence-corrected chi connectivity index (χ0v) is 22.3. The number of rotatable bonds is 5. The van der Waals surface area contributed by atoms with Gasteiger partial charge in [0.05, 0.1) is 17.7 Å². The van der Waals surface area contributed by atoms with Crippen LogP contribution in [-0.4, -0.2) is 39.8 Å². The molecule has 1 saturated heterocycles. The summed E-state index contributed by atoms with van der Waals surface area (Å²) >= 11 is 0. The van der Waals surface area contributed by atoms with Gasteiger partial charge in [0.15, 0.2) is 0 Å². The Morgan fingerprint density at radius 3 is 2.37 bits per heavy atom. The number of aromatic nitrogens is 2. The Balaban J connectivity index is 1.37. The summed E-state index contributed by atoms with van der Waals surface area (Å²) in [5.41, 5.74) is 0.906. The monoisotopic (exact) mass is 517 g/mol. The second kappa shape index (κ2) is 8.75. The van der Waals surface area contributed by atoms with Crippen molar-refractivity contribution in [1.29, 1.82) is 0 Å². The molecule has 2 aliphatic carbocycles. The van der Waals surface area contributed by atoms with Gasteiger partial charge in [-0.05, 0) is 88.6 Å². The molecule has 0 bridgehead atoms. The molecule has 1 spiro atoms. The van der Waals surface area contributed by atoms with Crippen LogP contribution in [0.5, 0.6) is 0 Å². The van der Waals surface area contributed by atoms with Crippen molar-refractivity contribution < 1.29 is 18.5 Å². The molecule has 6 rings (SSSR count). The molecule has 198 valence electrons. The Bertz CT molecular complexity index is 1460. The first-order valence-corrected chi connectivity index (χ1v) is 13.4. The number of hydrogen-bond acceptors (Lipinski definition) is 5. The molecule has 2 aromatic heterocycles. The van der Waals surface area contributed by atoms with Gasteiger partial charge < -0.3 is 14.6 Å². The fourth-order valence-corrected chi connectivity index (χ4v) is 5.91. The molecule has 9 heteroatoms. The Morgan fingerprint density at radius 1 is 1.11 bits per heavy atom. The number of hydrogen-bond donors (Lipinski definition) is 1. The van der Waals surface area contributed by atoms with Gasteiger partial charge in [-0.2, -0.15) is 0 Å². The average Bonchev–Trinajstić information content (AvgIpc) is 3.04. The largest absolute Gasteiger partial charge is 0.496 e. The molecule has 0 atom stereocenters. The Labute approximate surface area is 221 Å². The van der Waals surface area contributed by atoms with Crippen LogP contribution in [0, 0.1) is 11.2 Å². The Kier molecular flexibility index (Phi) is 5.81. The SMILES string of the molecule is CC1(C)OB(c2cnc3c(c2)cc(C(=O)NC2CC4(CCC4)C2)c(=O)n3Cc2ccc(F)cc2)OC1(C)C. The van der Waals surface area contributed by atoms with Crippen molar-refractivity contribution in [1.82, 2.24) is 14.9 Å². The first-order chi connectivity index (χ1) is 18.0. The van der Waals surface area contributed by atoms with Crippen molar-refractivity contribution >= 4 is 29.5 Å². The van der Waals surface area contributed by atoms with E-state index in [1.54, 1.807) is 24.4 Å². The zero-order chi connectivity index (χ0) is 26.9. The zero-order valence-electron chi connectivity index (χ0n) is 22.3. The van der Waals surface area contributed by atoms with Crippen molar-refractivity contribution in [2.75, 3.05) is 0 Å². The van der Waals surface area contributed by atoms with Crippen molar-refractivity contribution in [3.63, 3.8) is 0 Å². The molecule has 38 heavy (non-hydrogen) atoms. The van der Waals surface area contributed by atoms with E-state index in [-0.39, 0.29) is 29.9 Å². The minimum absolute atomic E-state index is 0.0713. The van der Waals surface area contributed by atoms with E-state index in [9.17, 15) is 14.0 Å². The smallest absolute Gasteiger partial charge is 0.399 e. The van der Waals surface area contributed by atoms with Gasteiger partial charge in [-0.15, -0.1) is 0 Å². The van der Waals surface area contributed by atoms with Gasteiger partial charge in [-0.25, -0.2) is 9.37 Å². The highest BCUT2D eigenvalue weighted by molar-refractivity contribution is 6.62. The third kappa shape index (κ3) is 4.26. The summed E-state index contributed by atoms with van der Waals surface area (Å²) in [7, 11) is -0.625. The lowest BCUT2D eigenvalue weighted by molar-refractivity contribution is -0.000651. The van der Waals surface area contributed by atoms with Gasteiger partial charge in [0.25, 0.3) is 11.5 Å². The number of nitrogens with one attached hydrogen (secondary N) is 1. The number of benzene rings is 1. The summed E-state index contributed by atoms with van der Waals surface area (Å²) in [6, 6.07) is 9.56. The van der Waals surface area contributed by atoms with Crippen LogP contribution >= 0.6 is 0 Å². The molecule has 1 amide bonds. The molecule has 0 unspecified atom stereocenters. The Hall–Kier alpha value is -3.04. The van der Waals surface area contributed by atoms with Crippen LogP contribution in [0.4, 0.5) is 4.39 Å². The molecule has 0 radical (unpaired) electrons. The number of halogens is 1. The van der Waals surface area contributed by atoms with Crippen LogP contribution in [0.25, 0.3) is 11.0 Å². The van der Waals surface area contributed by atoms with Gasteiger partial charge in [0, 0.05) is 23.1 Å². The summed E-state index contributed by atoms with van der Waals surface area (Å²) in [5.74, 6) is -0.723. The fourth-order valence-electron chi connectivity index (χ4n) is 5.91. The molecule has 1 N–H and O–H groups in total. The third-order valence-corrected chi connectivity index (χ3v) is 9.08. The normalized spacial score (nSPS) is 21.3. The van der Waals surface area contributed by atoms with E-state index < -0.39 is 23.9 Å². The molecule has 3 fully saturated rings. The van der Waals surface area contributed by atoms with Crippen LogP contribution in [0.2, 0.25) is 0 Å². The van der Waals surface area contributed by atoms with E-state index in [1.807, 2.05) is 33.8 Å². The fraction of sp³-hybridized carbons (Fsp3) is 0.483. The highest BCUT2D eigenvalue weighted by Gasteiger charge is 2.52. The summed E-state index contributed by atoms with van der Waals surface area (Å²) < 4.78 is 27.4. The van der Waals surface area contributed by atoms with Gasteiger partial charge in [-0.3, -0.25) is 14.2 Å². The Morgan fingerprint density at radius 2 is 1.76 bits per heavy atom. The number of carbonyl (C=O) groups excluding carboxylic acids is 1. The van der Waals surface area contributed by atoms with Crippen LogP contribution in [0.1, 0.15) is 75.7 Å². The van der Waals surface area contributed by atoms with E-state index >= 15 is 0 Å². The number of amides is 1. The second-order valence-corrected chi connectivity index (χ2v) is 12.3. The summed E-state index contributed by atoms with van der Waals surface area (Å²) in [6.07, 6.45) is 7.32. The summed E-state index contributed by atoms with van der Waals surface area (Å²) in [6.45, 7) is 8.10. The molecular formula is C29H33BFN3O4. The lowest BCUT2D eigenvalue weighted by Gasteiger charge is -2.54. The summed E-state index contributed by atoms with van der Waals surface area (Å²) in [4.78, 5) is 31.6. The molecular weight excluding hydrogens is 484 g/mol. The standard InChI is InChI=1S/C29H33BFN3O4/c1-27(2)28(3,4)38-30(37-27)20-12-19-13-23(25(35)33-22-14-29(15-22)10-5-11-29)26(36)34(24(19)32-16-20)17-18-6-8-21(31)9-7-18/h6-9,12-13,16,22H,5,10-11,14-15,17H2,1-4H3,(H,33,35). The van der Waals surface area contributed by atoms with Crippen molar-refractivity contribution in [2.24, 2.45) is 5.41 Å². The first kappa shape index (κ1) is 25.3. The molecule has 1 aromatic carbocycles. The minimum Gasteiger partial charge on any atom is -0.399 e. The van der Waals surface area contributed by atoms with Crippen molar-refractivity contribution in [3.8, 4) is 0 Å². The molecule has 1 aliphatic heterocycles. The third-order valence-electron chi connectivity index (χ3n) is 9.08. The van der Waals surface area contributed by atoms with E-state index in [4.69, 9.17) is 9.31 Å². The first-order valence-electron chi connectivity index (χ1n) is 13.4. The van der Waals surface area contributed by atoms with Gasteiger partial charge >= 0.3 is 7.12 Å². The quantitative estimate of drug-likeness (QED) is 0.519. The molecule has 7 nitrogen and oxygen atoms in total. The maximum absolute atomic E-state index is 13.6. The topological polar surface area (TPSA) is 82.5 Å². The average molecular weight is 517 g/mol. The summed E-state index contributed by atoms with van der Waals surface area (Å²) in [5, 5.41) is 3.71. The highest BCUT2D eigenvalue weighted by atomic mass is 19.1. The van der Waals surface area contributed by atoms with Crippen LogP contribution < -0.4 is 16.3 Å². The maximum Gasteiger partial charge on any atom is 0.496 e. The molecule has 3 heterocycles. The van der Waals surface area contributed by atoms with Crippen molar-refractivity contribution in [2.45, 2.75) is 83.6 Å².